The molecule has 130 valence electrons. The normalized spacial score (nSPS) is 11.7. The van der Waals surface area contributed by atoms with E-state index in [1.165, 1.54) is 16.3 Å². The Morgan fingerprint density at radius 3 is 2.24 bits per heavy atom. The van der Waals surface area contributed by atoms with Crippen molar-refractivity contribution in [1.82, 2.24) is 0 Å². The van der Waals surface area contributed by atoms with Crippen molar-refractivity contribution in [2.24, 2.45) is 0 Å². The van der Waals surface area contributed by atoms with E-state index in [9.17, 15) is 8.42 Å². The lowest BCUT2D eigenvalue weighted by atomic mass is 10.0. The van der Waals surface area contributed by atoms with Gasteiger partial charge in [0.2, 0.25) is 0 Å². The minimum absolute atomic E-state index is 0.230. The van der Waals surface area contributed by atoms with Gasteiger partial charge in [0, 0.05) is 0 Å². The molecule has 0 heterocycles. The fourth-order valence-electron chi connectivity index (χ4n) is 3.06. The van der Waals surface area contributed by atoms with Crippen molar-refractivity contribution in [3.05, 3.63) is 77.9 Å². The van der Waals surface area contributed by atoms with Crippen LogP contribution in [0.1, 0.15) is 30.4 Å². The lowest BCUT2D eigenvalue weighted by Gasteiger charge is -2.06. The van der Waals surface area contributed by atoms with Crippen molar-refractivity contribution >= 4 is 20.6 Å². The van der Waals surface area contributed by atoms with E-state index in [-0.39, 0.29) is 5.75 Å². The molecule has 0 saturated heterocycles. The molecule has 25 heavy (non-hydrogen) atoms. The number of aryl methyl sites for hydroxylation is 2. The molecule has 0 aliphatic carbocycles. The molecule has 3 rings (SSSR count). The zero-order chi connectivity index (χ0) is 17.7. The molecule has 0 bridgehead atoms. The van der Waals surface area contributed by atoms with Gasteiger partial charge in [0.05, 0.1) is 10.6 Å². The molecule has 0 radical (unpaired) electrons. The molecule has 0 fully saturated rings. The highest BCUT2D eigenvalue weighted by Gasteiger charge is 2.13. The van der Waals surface area contributed by atoms with Gasteiger partial charge in [-0.15, -0.1) is 0 Å². The Morgan fingerprint density at radius 1 is 0.760 bits per heavy atom. The van der Waals surface area contributed by atoms with E-state index in [1.807, 2.05) is 19.1 Å². The van der Waals surface area contributed by atoms with Crippen molar-refractivity contribution in [2.75, 3.05) is 5.75 Å². The van der Waals surface area contributed by atoms with Crippen LogP contribution in [0, 0.1) is 6.92 Å². The van der Waals surface area contributed by atoms with Crippen LogP contribution >= 0.6 is 0 Å². The summed E-state index contributed by atoms with van der Waals surface area (Å²) in [6.45, 7) is 1.96. The highest BCUT2D eigenvalue weighted by molar-refractivity contribution is 7.91. The zero-order valence-corrected chi connectivity index (χ0v) is 15.4. The molecule has 3 heteroatoms. The molecule has 0 atom stereocenters. The number of sulfone groups is 1. The topological polar surface area (TPSA) is 34.1 Å². The molecule has 0 amide bonds. The van der Waals surface area contributed by atoms with Crippen LogP contribution in [0.4, 0.5) is 0 Å². The van der Waals surface area contributed by atoms with E-state index in [1.54, 1.807) is 12.1 Å². The Morgan fingerprint density at radius 2 is 1.48 bits per heavy atom. The Labute approximate surface area is 150 Å². The standard InChI is InChI=1S/C22H24O2S/c1-18-10-14-22(15-11-18)25(23,24)16-6-2-3-7-19-12-13-20-8-4-5-9-21(20)17-19/h4-5,8-15,17H,2-3,6-7,16H2,1H3. The Balaban J connectivity index is 1.48. The summed E-state index contributed by atoms with van der Waals surface area (Å²) in [4.78, 5) is 0.438. The maximum atomic E-state index is 12.3. The maximum absolute atomic E-state index is 12.3. The van der Waals surface area contributed by atoms with Crippen LogP contribution in [0.15, 0.2) is 71.6 Å². The molecule has 0 saturated carbocycles. The Bertz CT molecular complexity index is 941. The Kier molecular flexibility index (Phi) is 5.54. The second kappa shape index (κ2) is 7.83. The van der Waals surface area contributed by atoms with E-state index in [2.05, 4.69) is 42.5 Å². The summed E-state index contributed by atoms with van der Waals surface area (Å²) in [7, 11) is -3.15. The maximum Gasteiger partial charge on any atom is 0.178 e. The predicted octanol–water partition coefficient (Wildman–Crippen LogP) is 5.33. The molecule has 3 aromatic carbocycles. The largest absolute Gasteiger partial charge is 0.224 e. The van der Waals surface area contributed by atoms with Gasteiger partial charge in [-0.2, -0.15) is 0 Å². The van der Waals surface area contributed by atoms with Crippen molar-refractivity contribution in [3.8, 4) is 0 Å². The third-order valence-electron chi connectivity index (χ3n) is 4.57. The second-order valence-corrected chi connectivity index (χ2v) is 8.73. The molecule has 0 aliphatic rings. The van der Waals surface area contributed by atoms with Gasteiger partial charge in [0.1, 0.15) is 0 Å². The summed E-state index contributed by atoms with van der Waals surface area (Å²) in [6.07, 6.45) is 3.65. The molecule has 0 aromatic heterocycles. The number of hydrogen-bond acceptors (Lipinski definition) is 2. The quantitative estimate of drug-likeness (QED) is 0.538. The van der Waals surface area contributed by atoms with Crippen molar-refractivity contribution < 1.29 is 8.42 Å². The number of fused-ring (bicyclic) bond motifs is 1. The average Bonchev–Trinajstić information content (AvgIpc) is 2.61. The first-order valence-electron chi connectivity index (χ1n) is 8.82. The molecular weight excluding hydrogens is 328 g/mol. The number of benzene rings is 3. The van der Waals surface area contributed by atoms with Crippen LogP contribution in [-0.2, 0) is 16.3 Å². The first-order valence-corrected chi connectivity index (χ1v) is 10.5. The van der Waals surface area contributed by atoms with Crippen LogP contribution < -0.4 is 0 Å². The lowest BCUT2D eigenvalue weighted by molar-refractivity contribution is 0.589. The number of hydrogen-bond donors (Lipinski definition) is 0. The van der Waals surface area contributed by atoms with Crippen LogP contribution in [0.25, 0.3) is 10.8 Å². The molecule has 3 aromatic rings. The summed E-state index contributed by atoms with van der Waals surface area (Å²) in [5.74, 6) is 0.230. The summed E-state index contributed by atoms with van der Waals surface area (Å²) in [6, 6.07) is 22.1. The molecule has 2 nitrogen and oxygen atoms in total. The fourth-order valence-corrected chi connectivity index (χ4v) is 4.43. The minimum Gasteiger partial charge on any atom is -0.224 e. The van der Waals surface area contributed by atoms with Gasteiger partial charge >= 0.3 is 0 Å². The molecule has 0 unspecified atom stereocenters. The average molecular weight is 352 g/mol. The number of unbranched alkanes of at least 4 members (excludes halogenated alkanes) is 2. The predicted molar refractivity (Wildman–Crippen MR) is 105 cm³/mol. The van der Waals surface area contributed by atoms with Crippen LogP contribution in [0.2, 0.25) is 0 Å². The molecular formula is C22H24O2S. The highest BCUT2D eigenvalue weighted by atomic mass is 32.2. The zero-order valence-electron chi connectivity index (χ0n) is 14.6. The first-order chi connectivity index (χ1) is 12.0. The fraction of sp³-hybridized carbons (Fsp3) is 0.273. The Hall–Kier alpha value is -2.13. The van der Waals surface area contributed by atoms with Gasteiger partial charge in [-0.1, -0.05) is 66.6 Å². The van der Waals surface area contributed by atoms with Gasteiger partial charge in [-0.25, -0.2) is 8.42 Å². The van der Waals surface area contributed by atoms with Crippen molar-refractivity contribution in [2.45, 2.75) is 37.5 Å². The minimum atomic E-state index is -3.15. The van der Waals surface area contributed by atoms with Crippen LogP contribution in [-0.4, -0.2) is 14.2 Å². The monoisotopic (exact) mass is 352 g/mol. The highest BCUT2D eigenvalue weighted by Crippen LogP contribution is 2.18. The summed E-state index contributed by atoms with van der Waals surface area (Å²) in [5, 5.41) is 2.53. The van der Waals surface area contributed by atoms with Gasteiger partial charge in [0.15, 0.2) is 9.84 Å². The van der Waals surface area contributed by atoms with E-state index in [0.29, 0.717) is 11.3 Å². The SMILES string of the molecule is Cc1ccc(S(=O)(=O)CCCCCc2ccc3ccccc3c2)cc1. The van der Waals surface area contributed by atoms with Crippen LogP contribution in [0.3, 0.4) is 0 Å². The third kappa shape index (κ3) is 4.70. The molecule has 0 spiro atoms. The van der Waals surface area contributed by atoms with Crippen molar-refractivity contribution in [1.29, 1.82) is 0 Å². The molecule has 0 N–H and O–H groups in total. The second-order valence-electron chi connectivity index (χ2n) is 6.62. The van der Waals surface area contributed by atoms with E-state index < -0.39 is 9.84 Å². The van der Waals surface area contributed by atoms with Gasteiger partial charge < -0.3 is 0 Å². The summed E-state index contributed by atoms with van der Waals surface area (Å²) >= 11 is 0. The lowest BCUT2D eigenvalue weighted by Crippen LogP contribution is -2.06. The third-order valence-corrected chi connectivity index (χ3v) is 6.39. The van der Waals surface area contributed by atoms with Gasteiger partial charge in [-0.3, -0.25) is 0 Å². The van der Waals surface area contributed by atoms with Gasteiger partial charge in [0.25, 0.3) is 0 Å². The van der Waals surface area contributed by atoms with Crippen molar-refractivity contribution in [3.63, 3.8) is 0 Å². The summed E-state index contributed by atoms with van der Waals surface area (Å²) in [5.41, 5.74) is 2.40. The molecule has 0 aliphatic heterocycles. The summed E-state index contributed by atoms with van der Waals surface area (Å²) < 4.78 is 24.6. The van der Waals surface area contributed by atoms with E-state index in [4.69, 9.17) is 0 Å². The first kappa shape index (κ1) is 17.7. The smallest absolute Gasteiger partial charge is 0.178 e. The number of rotatable bonds is 7. The van der Waals surface area contributed by atoms with Gasteiger partial charge in [-0.05, 0) is 54.7 Å². The van der Waals surface area contributed by atoms with E-state index in [0.717, 1.165) is 24.8 Å². The van der Waals surface area contributed by atoms with E-state index >= 15 is 0 Å². The van der Waals surface area contributed by atoms with Crippen LogP contribution in [0.5, 0.6) is 0 Å².